The number of H-pyrrole nitrogens is 2. The van der Waals surface area contributed by atoms with Gasteiger partial charge in [0, 0.05) is 13.2 Å². The first-order chi connectivity index (χ1) is 13.1. The molecule has 0 fully saturated rings. The molecular weight excluding hydrogens is 350 g/mol. The minimum absolute atomic E-state index is 0.309. The fourth-order valence-corrected chi connectivity index (χ4v) is 2.45. The number of allylic oxidation sites excluding steroid dienone is 2. The zero-order valence-corrected chi connectivity index (χ0v) is 15.8. The highest BCUT2D eigenvalue weighted by Gasteiger charge is 2.05. The molecule has 0 atom stereocenters. The van der Waals surface area contributed by atoms with E-state index in [4.69, 9.17) is 10.5 Å². The molecule has 0 aromatic carbocycles. The molecule has 0 aliphatic rings. The molecule has 9 nitrogen and oxygen atoms in total. The number of rotatable bonds is 15. The Morgan fingerprint density at radius 3 is 2.37 bits per heavy atom. The van der Waals surface area contributed by atoms with E-state index in [1.807, 2.05) is 0 Å². The Morgan fingerprint density at radius 2 is 1.70 bits per heavy atom. The van der Waals surface area contributed by atoms with Gasteiger partial charge in [-0.05, 0) is 38.5 Å². The quantitative estimate of drug-likeness (QED) is 0.206. The molecule has 0 saturated heterocycles. The Labute approximate surface area is 159 Å². The maximum Gasteiger partial charge on any atom is 0.340 e. The number of carbonyl (C=O) groups excluding carboxylic acids is 2. The summed E-state index contributed by atoms with van der Waals surface area (Å²) in [6.45, 7) is 1.49. The number of nitrogens with two attached hydrogens (primary N) is 1. The highest BCUT2D eigenvalue weighted by molar-refractivity contribution is 6.34. The van der Waals surface area contributed by atoms with Crippen molar-refractivity contribution >= 4 is 11.8 Å². The molecule has 1 aromatic heterocycles. The van der Waals surface area contributed by atoms with Gasteiger partial charge in [0.25, 0.3) is 0 Å². The fourth-order valence-electron chi connectivity index (χ4n) is 2.45. The van der Waals surface area contributed by atoms with Gasteiger partial charge >= 0.3 is 17.5 Å². The lowest BCUT2D eigenvalue weighted by atomic mass is 10.1. The summed E-state index contributed by atoms with van der Waals surface area (Å²) < 4.78 is 5.45. The van der Waals surface area contributed by atoms with Gasteiger partial charge in [0.1, 0.15) is 6.61 Å². The van der Waals surface area contributed by atoms with Crippen LogP contribution in [-0.2, 0) is 20.9 Å². The SMILES string of the molecule is NC(=O)C(=O)NCCCC/C=C\CCCCCCCOCc1n[nH]c(=O)[nH]1. The van der Waals surface area contributed by atoms with E-state index < -0.39 is 11.8 Å². The third-order valence-corrected chi connectivity index (χ3v) is 3.92. The summed E-state index contributed by atoms with van der Waals surface area (Å²) in [5, 5.41) is 8.55. The Bertz CT molecular complexity index is 623. The zero-order valence-electron chi connectivity index (χ0n) is 15.8. The van der Waals surface area contributed by atoms with E-state index in [-0.39, 0.29) is 5.69 Å². The summed E-state index contributed by atoms with van der Waals surface area (Å²) in [6.07, 6.45) is 14.0. The molecule has 9 heteroatoms. The molecule has 1 aromatic rings. The number of aromatic nitrogens is 3. The number of amides is 2. The average molecular weight is 381 g/mol. The Balaban J connectivity index is 1.79. The van der Waals surface area contributed by atoms with Crippen molar-refractivity contribution in [2.45, 2.75) is 64.4 Å². The number of nitrogens with zero attached hydrogens (tertiary/aromatic N) is 1. The molecule has 152 valence electrons. The fraction of sp³-hybridized carbons (Fsp3) is 0.667. The summed E-state index contributed by atoms with van der Waals surface area (Å²) in [6, 6.07) is 0. The zero-order chi connectivity index (χ0) is 19.7. The standard InChI is InChI=1S/C18H31N5O4/c19-16(24)17(25)20-12-10-8-6-4-2-1-3-5-7-9-11-13-27-14-15-21-18(26)23-22-15/h2,4H,1,3,5-14H2,(H2,19,24)(H,20,25)(H2,21,22,23,26)/b4-2-. The minimum Gasteiger partial charge on any atom is -0.373 e. The first-order valence-electron chi connectivity index (χ1n) is 9.53. The van der Waals surface area contributed by atoms with Crippen molar-refractivity contribution in [3.63, 3.8) is 0 Å². The third-order valence-electron chi connectivity index (χ3n) is 3.92. The van der Waals surface area contributed by atoms with Crippen molar-refractivity contribution in [1.82, 2.24) is 20.5 Å². The number of unbranched alkanes of at least 4 members (excludes halogenated alkanes) is 7. The number of hydrogen-bond acceptors (Lipinski definition) is 5. The van der Waals surface area contributed by atoms with Gasteiger partial charge in [-0.1, -0.05) is 31.4 Å². The predicted octanol–water partition coefficient (Wildman–Crippen LogP) is 1.28. The van der Waals surface area contributed by atoms with Gasteiger partial charge in [-0.15, -0.1) is 0 Å². The van der Waals surface area contributed by atoms with Gasteiger partial charge in [0.2, 0.25) is 0 Å². The third kappa shape index (κ3) is 12.6. The molecule has 1 heterocycles. The van der Waals surface area contributed by atoms with Crippen LogP contribution in [-0.4, -0.2) is 40.1 Å². The lowest BCUT2D eigenvalue weighted by Crippen LogP contribution is -2.36. The van der Waals surface area contributed by atoms with Crippen molar-refractivity contribution in [1.29, 1.82) is 0 Å². The summed E-state index contributed by atoms with van der Waals surface area (Å²) in [4.78, 5) is 34.8. The Kier molecular flexibility index (Phi) is 12.3. The molecule has 5 N–H and O–H groups in total. The van der Waals surface area contributed by atoms with Gasteiger partial charge < -0.3 is 15.8 Å². The Morgan fingerprint density at radius 1 is 1.04 bits per heavy atom. The van der Waals surface area contributed by atoms with Crippen LogP contribution in [0, 0.1) is 0 Å². The van der Waals surface area contributed by atoms with E-state index in [2.05, 4.69) is 32.7 Å². The number of primary amides is 1. The second kappa shape index (κ2) is 14.7. The number of carbonyl (C=O) groups is 2. The number of hydrogen-bond donors (Lipinski definition) is 4. The minimum atomic E-state index is -0.936. The summed E-state index contributed by atoms with van der Waals surface area (Å²) in [5.74, 6) is -1.12. The monoisotopic (exact) mass is 381 g/mol. The normalized spacial score (nSPS) is 11.1. The number of aromatic amines is 2. The van der Waals surface area contributed by atoms with Crippen LogP contribution in [0.2, 0.25) is 0 Å². The first kappa shape index (κ1) is 22.6. The molecule has 0 radical (unpaired) electrons. The first-order valence-corrected chi connectivity index (χ1v) is 9.53. The highest BCUT2D eigenvalue weighted by atomic mass is 16.5. The second-order valence-electron chi connectivity index (χ2n) is 6.32. The second-order valence-corrected chi connectivity index (χ2v) is 6.32. The van der Waals surface area contributed by atoms with Crippen LogP contribution in [0.3, 0.4) is 0 Å². The Hall–Kier alpha value is -2.42. The van der Waals surface area contributed by atoms with Gasteiger partial charge in [-0.2, -0.15) is 5.10 Å². The van der Waals surface area contributed by atoms with E-state index >= 15 is 0 Å². The molecule has 0 bridgehead atoms. The van der Waals surface area contributed by atoms with Crippen molar-refractivity contribution in [2.24, 2.45) is 5.73 Å². The van der Waals surface area contributed by atoms with E-state index in [0.717, 1.165) is 38.5 Å². The van der Waals surface area contributed by atoms with Crippen molar-refractivity contribution in [2.75, 3.05) is 13.2 Å². The van der Waals surface area contributed by atoms with E-state index in [1.54, 1.807) is 0 Å². The van der Waals surface area contributed by atoms with Crippen molar-refractivity contribution in [3.05, 3.63) is 28.5 Å². The summed E-state index contributed by atoms with van der Waals surface area (Å²) >= 11 is 0. The van der Waals surface area contributed by atoms with Crippen molar-refractivity contribution in [3.8, 4) is 0 Å². The molecule has 0 saturated carbocycles. The van der Waals surface area contributed by atoms with E-state index in [9.17, 15) is 14.4 Å². The lowest BCUT2D eigenvalue weighted by Gasteiger charge is -2.02. The van der Waals surface area contributed by atoms with Crippen LogP contribution in [0.15, 0.2) is 16.9 Å². The molecule has 27 heavy (non-hydrogen) atoms. The van der Waals surface area contributed by atoms with Gasteiger partial charge in [-0.3, -0.25) is 14.6 Å². The van der Waals surface area contributed by atoms with E-state index in [1.165, 1.54) is 19.3 Å². The maximum absolute atomic E-state index is 10.9. The average Bonchev–Trinajstić information content (AvgIpc) is 3.06. The highest BCUT2D eigenvalue weighted by Crippen LogP contribution is 2.07. The summed E-state index contributed by atoms with van der Waals surface area (Å²) in [7, 11) is 0. The van der Waals surface area contributed by atoms with Gasteiger partial charge in [0.05, 0.1) is 0 Å². The summed E-state index contributed by atoms with van der Waals surface area (Å²) in [5.41, 5.74) is 4.53. The molecular formula is C18H31N5O4. The van der Waals surface area contributed by atoms with Crippen molar-refractivity contribution < 1.29 is 14.3 Å². The molecule has 0 aliphatic heterocycles. The molecule has 0 spiro atoms. The van der Waals surface area contributed by atoms with Gasteiger partial charge in [0.15, 0.2) is 5.82 Å². The molecule has 2 amide bonds. The molecule has 0 aliphatic carbocycles. The van der Waals surface area contributed by atoms with E-state index in [0.29, 0.717) is 25.6 Å². The number of ether oxygens (including phenoxy) is 1. The topological polar surface area (TPSA) is 143 Å². The number of nitrogens with one attached hydrogen (secondary N) is 3. The lowest BCUT2D eigenvalue weighted by molar-refractivity contribution is -0.137. The predicted molar refractivity (Wildman–Crippen MR) is 102 cm³/mol. The maximum atomic E-state index is 10.9. The van der Waals surface area contributed by atoms with Crippen LogP contribution in [0.25, 0.3) is 0 Å². The van der Waals surface area contributed by atoms with Crippen LogP contribution >= 0.6 is 0 Å². The van der Waals surface area contributed by atoms with Gasteiger partial charge in [-0.25, -0.2) is 9.89 Å². The van der Waals surface area contributed by atoms with Crippen LogP contribution in [0.5, 0.6) is 0 Å². The molecule has 0 unspecified atom stereocenters. The van der Waals surface area contributed by atoms with Crippen LogP contribution < -0.4 is 16.7 Å². The molecule has 1 rings (SSSR count). The smallest absolute Gasteiger partial charge is 0.340 e. The van der Waals surface area contributed by atoms with Crippen LogP contribution in [0.1, 0.15) is 63.6 Å². The van der Waals surface area contributed by atoms with Crippen LogP contribution in [0.4, 0.5) is 0 Å². The largest absolute Gasteiger partial charge is 0.373 e.